The zero-order chi connectivity index (χ0) is 19.5. The molecule has 2 aromatic rings. The van der Waals surface area contributed by atoms with E-state index < -0.39 is 5.97 Å². The molecule has 0 saturated heterocycles. The Balaban J connectivity index is 1.43. The van der Waals surface area contributed by atoms with E-state index in [1.165, 1.54) is 0 Å². The van der Waals surface area contributed by atoms with Crippen LogP contribution in [0.4, 0.5) is 0 Å². The Bertz CT molecular complexity index is 890. The third-order valence-corrected chi connectivity index (χ3v) is 5.20. The van der Waals surface area contributed by atoms with Crippen molar-refractivity contribution in [2.45, 2.75) is 31.7 Å². The summed E-state index contributed by atoms with van der Waals surface area (Å²) in [6.45, 7) is 1.08. The second-order valence-electron chi connectivity index (χ2n) is 7.25. The summed E-state index contributed by atoms with van der Waals surface area (Å²) in [5, 5.41) is 12.4. The lowest BCUT2D eigenvalue weighted by atomic mass is 10.00. The highest BCUT2D eigenvalue weighted by Crippen LogP contribution is 2.43. The maximum Gasteiger partial charge on any atom is 0.335 e. The van der Waals surface area contributed by atoms with Crippen LogP contribution in [0.15, 0.2) is 42.5 Å². The predicted octanol–water partition coefficient (Wildman–Crippen LogP) is 3.36. The van der Waals surface area contributed by atoms with Gasteiger partial charge in [0.1, 0.15) is 13.2 Å². The molecule has 1 atom stereocenters. The quantitative estimate of drug-likeness (QED) is 0.768. The smallest absolute Gasteiger partial charge is 0.335 e. The van der Waals surface area contributed by atoms with Gasteiger partial charge < -0.3 is 19.9 Å². The summed E-state index contributed by atoms with van der Waals surface area (Å²) in [6.07, 6.45) is 2.81. The van der Waals surface area contributed by atoms with Crippen molar-refractivity contribution in [3.63, 3.8) is 0 Å². The number of amides is 1. The first-order valence-corrected chi connectivity index (χ1v) is 9.62. The van der Waals surface area contributed by atoms with Gasteiger partial charge in [0.15, 0.2) is 11.5 Å². The fraction of sp³-hybridized carbons (Fsp3) is 0.364. The first-order chi connectivity index (χ1) is 13.6. The van der Waals surface area contributed by atoms with Crippen molar-refractivity contribution in [1.82, 2.24) is 5.32 Å². The molecule has 6 heteroatoms. The average molecular weight is 381 g/mol. The lowest BCUT2D eigenvalue weighted by molar-refractivity contribution is -0.122. The van der Waals surface area contributed by atoms with E-state index in [-0.39, 0.29) is 23.9 Å². The second-order valence-corrected chi connectivity index (χ2v) is 7.25. The van der Waals surface area contributed by atoms with Crippen LogP contribution in [0.3, 0.4) is 0 Å². The largest absolute Gasteiger partial charge is 0.486 e. The van der Waals surface area contributed by atoms with Crippen LogP contribution in [-0.2, 0) is 11.2 Å². The van der Waals surface area contributed by atoms with E-state index in [2.05, 4.69) is 5.32 Å². The fourth-order valence-corrected chi connectivity index (χ4v) is 3.60. The molecule has 1 aliphatic heterocycles. The SMILES string of the molecule is O=C(CCc1ccccc1C(=O)O)NC(c1ccc2c(c1)OCCO2)C1CC1. The number of carboxylic acids is 1. The van der Waals surface area contributed by atoms with E-state index in [9.17, 15) is 14.7 Å². The Morgan fingerprint density at radius 2 is 1.82 bits per heavy atom. The normalized spacial score (nSPS) is 16.3. The van der Waals surface area contributed by atoms with Gasteiger partial charge in [-0.15, -0.1) is 0 Å². The lowest BCUT2D eigenvalue weighted by Gasteiger charge is -2.23. The molecule has 2 aliphatic rings. The number of fused-ring (bicyclic) bond motifs is 1. The van der Waals surface area contributed by atoms with Gasteiger partial charge in [0.05, 0.1) is 11.6 Å². The van der Waals surface area contributed by atoms with Crippen molar-refractivity contribution in [1.29, 1.82) is 0 Å². The highest BCUT2D eigenvalue weighted by Gasteiger charge is 2.34. The van der Waals surface area contributed by atoms with Crippen LogP contribution < -0.4 is 14.8 Å². The topological polar surface area (TPSA) is 84.9 Å². The summed E-state index contributed by atoms with van der Waals surface area (Å²) in [5.74, 6) is 0.841. The molecule has 0 radical (unpaired) electrons. The van der Waals surface area contributed by atoms with E-state index in [0.29, 0.717) is 31.1 Å². The van der Waals surface area contributed by atoms with E-state index in [1.807, 2.05) is 18.2 Å². The summed E-state index contributed by atoms with van der Waals surface area (Å²) in [7, 11) is 0. The molecule has 0 spiro atoms. The van der Waals surface area contributed by atoms with Crippen molar-refractivity contribution >= 4 is 11.9 Å². The first kappa shape index (κ1) is 18.3. The molecule has 1 fully saturated rings. The summed E-state index contributed by atoms with van der Waals surface area (Å²) < 4.78 is 11.2. The molecule has 1 heterocycles. The fourth-order valence-electron chi connectivity index (χ4n) is 3.60. The third kappa shape index (κ3) is 4.11. The number of hydrogen-bond acceptors (Lipinski definition) is 4. The summed E-state index contributed by atoms with van der Waals surface area (Å²) in [6, 6.07) is 12.6. The molecular formula is C22H23NO5. The maximum atomic E-state index is 12.6. The highest BCUT2D eigenvalue weighted by atomic mass is 16.6. The van der Waals surface area contributed by atoms with E-state index >= 15 is 0 Å². The molecule has 28 heavy (non-hydrogen) atoms. The molecule has 1 unspecified atom stereocenters. The summed E-state index contributed by atoms with van der Waals surface area (Å²) >= 11 is 0. The number of aryl methyl sites for hydroxylation is 1. The second kappa shape index (κ2) is 7.92. The first-order valence-electron chi connectivity index (χ1n) is 9.62. The van der Waals surface area contributed by atoms with E-state index in [1.54, 1.807) is 24.3 Å². The number of carbonyl (C=O) groups excluding carboxylic acids is 1. The van der Waals surface area contributed by atoms with Gasteiger partial charge in [0.25, 0.3) is 0 Å². The number of ether oxygens (including phenoxy) is 2. The van der Waals surface area contributed by atoms with Crippen LogP contribution in [0, 0.1) is 5.92 Å². The van der Waals surface area contributed by atoms with Crippen molar-refractivity contribution in [2.75, 3.05) is 13.2 Å². The Hall–Kier alpha value is -3.02. The Morgan fingerprint density at radius 3 is 2.57 bits per heavy atom. The van der Waals surface area contributed by atoms with Gasteiger partial charge in [-0.05, 0) is 54.5 Å². The number of benzene rings is 2. The molecule has 6 nitrogen and oxygen atoms in total. The van der Waals surface area contributed by atoms with Gasteiger partial charge in [0, 0.05) is 6.42 Å². The van der Waals surface area contributed by atoms with Gasteiger partial charge in [-0.1, -0.05) is 24.3 Å². The van der Waals surface area contributed by atoms with Crippen molar-refractivity contribution in [3.05, 3.63) is 59.2 Å². The molecule has 1 amide bonds. The van der Waals surface area contributed by atoms with Crippen LogP contribution in [-0.4, -0.2) is 30.2 Å². The zero-order valence-corrected chi connectivity index (χ0v) is 15.5. The minimum atomic E-state index is -0.969. The van der Waals surface area contributed by atoms with Gasteiger partial charge in [-0.25, -0.2) is 4.79 Å². The molecule has 0 aromatic heterocycles. The number of carboxylic acid groups (broad SMARTS) is 1. The van der Waals surface area contributed by atoms with Crippen molar-refractivity contribution in [2.24, 2.45) is 5.92 Å². The van der Waals surface area contributed by atoms with E-state index in [4.69, 9.17) is 9.47 Å². The monoisotopic (exact) mass is 381 g/mol. The molecule has 1 saturated carbocycles. The minimum absolute atomic E-state index is 0.0574. The van der Waals surface area contributed by atoms with Crippen molar-refractivity contribution in [3.8, 4) is 11.5 Å². The summed E-state index contributed by atoms with van der Waals surface area (Å²) in [4.78, 5) is 23.9. The molecule has 146 valence electrons. The Kier molecular flexibility index (Phi) is 5.19. The number of rotatable bonds is 7. The molecule has 4 rings (SSSR count). The number of hydrogen-bond donors (Lipinski definition) is 2. The summed E-state index contributed by atoms with van der Waals surface area (Å²) in [5.41, 5.74) is 1.94. The van der Waals surface area contributed by atoms with Gasteiger partial charge in [-0.2, -0.15) is 0 Å². The lowest BCUT2D eigenvalue weighted by Crippen LogP contribution is -2.30. The van der Waals surface area contributed by atoms with Crippen LogP contribution in [0.25, 0.3) is 0 Å². The Morgan fingerprint density at radius 1 is 1.07 bits per heavy atom. The van der Waals surface area contributed by atoms with E-state index in [0.717, 1.165) is 29.9 Å². The third-order valence-electron chi connectivity index (χ3n) is 5.20. The van der Waals surface area contributed by atoms with Crippen molar-refractivity contribution < 1.29 is 24.2 Å². The zero-order valence-electron chi connectivity index (χ0n) is 15.5. The molecule has 2 N–H and O–H groups in total. The molecule has 2 aromatic carbocycles. The number of carbonyl (C=O) groups is 2. The number of nitrogens with one attached hydrogen (secondary N) is 1. The Labute approximate surface area is 163 Å². The number of aromatic carboxylic acids is 1. The minimum Gasteiger partial charge on any atom is -0.486 e. The maximum absolute atomic E-state index is 12.6. The molecule has 0 bridgehead atoms. The van der Waals surface area contributed by atoms with Crippen LogP contribution in [0.1, 0.15) is 46.8 Å². The molecular weight excluding hydrogens is 358 g/mol. The average Bonchev–Trinajstić information content (AvgIpc) is 3.55. The standard InChI is InChI=1S/C22H23NO5/c24-20(10-8-14-3-1-2-4-17(14)22(25)26)23-21(15-5-6-15)16-7-9-18-19(13-16)28-12-11-27-18/h1-4,7,9,13,15,21H,5-6,8,10-12H2,(H,23,24)(H,25,26). The van der Waals surface area contributed by atoms with Gasteiger partial charge in [0.2, 0.25) is 5.91 Å². The van der Waals surface area contributed by atoms with Crippen LogP contribution >= 0.6 is 0 Å². The highest BCUT2D eigenvalue weighted by molar-refractivity contribution is 5.89. The van der Waals surface area contributed by atoms with Gasteiger partial charge in [-0.3, -0.25) is 4.79 Å². The molecule has 1 aliphatic carbocycles. The van der Waals surface area contributed by atoms with Crippen LogP contribution in [0.2, 0.25) is 0 Å². The predicted molar refractivity (Wildman–Crippen MR) is 103 cm³/mol. The van der Waals surface area contributed by atoms with Gasteiger partial charge >= 0.3 is 5.97 Å². The van der Waals surface area contributed by atoms with Crippen LogP contribution in [0.5, 0.6) is 11.5 Å².